The average Bonchev–Trinajstić information content (AvgIpc) is 2.57. The Bertz CT molecular complexity index is 627. The SMILES string of the molecule is CCN(C(=O)NCCSCC(F)(F)F)/C(=C/Nc1cccnc1)C(=N)Cl. The van der Waals surface area contributed by atoms with E-state index in [0.717, 1.165) is 0 Å². The van der Waals surface area contributed by atoms with E-state index in [9.17, 15) is 18.0 Å². The number of nitrogens with one attached hydrogen (secondary N) is 3. The van der Waals surface area contributed by atoms with Crippen LogP contribution in [0, 0.1) is 5.41 Å². The molecule has 2 amide bonds. The Balaban J connectivity index is 2.63. The zero-order valence-electron chi connectivity index (χ0n) is 13.9. The molecule has 0 atom stereocenters. The average molecular weight is 410 g/mol. The van der Waals surface area contributed by atoms with Gasteiger partial charge < -0.3 is 10.6 Å². The van der Waals surface area contributed by atoms with E-state index in [2.05, 4.69) is 15.6 Å². The number of urea groups is 1. The predicted molar refractivity (Wildman–Crippen MR) is 98.7 cm³/mol. The number of halogens is 4. The number of hydrogen-bond acceptors (Lipinski definition) is 5. The van der Waals surface area contributed by atoms with Crippen molar-refractivity contribution in [3.63, 3.8) is 0 Å². The van der Waals surface area contributed by atoms with Crippen LogP contribution in [-0.4, -0.2) is 51.9 Å². The largest absolute Gasteiger partial charge is 0.397 e. The second-order valence-electron chi connectivity index (χ2n) is 4.87. The summed E-state index contributed by atoms with van der Waals surface area (Å²) in [6, 6.07) is 2.91. The molecule has 26 heavy (non-hydrogen) atoms. The molecule has 0 radical (unpaired) electrons. The first kappa shape index (κ1) is 22.1. The van der Waals surface area contributed by atoms with Crippen LogP contribution in [0.5, 0.6) is 0 Å². The van der Waals surface area contributed by atoms with Gasteiger partial charge >= 0.3 is 12.2 Å². The highest BCUT2D eigenvalue weighted by molar-refractivity contribution is 7.99. The van der Waals surface area contributed by atoms with Crippen LogP contribution in [0.1, 0.15) is 6.92 Å². The number of nitrogens with zero attached hydrogens (tertiary/aromatic N) is 2. The van der Waals surface area contributed by atoms with Gasteiger partial charge in [0.25, 0.3) is 0 Å². The quantitative estimate of drug-likeness (QED) is 0.427. The number of anilines is 1. The fourth-order valence-corrected chi connectivity index (χ4v) is 2.58. The van der Waals surface area contributed by atoms with Crippen molar-refractivity contribution in [1.82, 2.24) is 15.2 Å². The Labute approximate surface area is 158 Å². The molecule has 0 unspecified atom stereocenters. The van der Waals surface area contributed by atoms with Crippen molar-refractivity contribution in [1.29, 1.82) is 5.41 Å². The van der Waals surface area contributed by atoms with E-state index in [-0.39, 0.29) is 29.7 Å². The highest BCUT2D eigenvalue weighted by Gasteiger charge is 2.26. The number of hydrogen-bond donors (Lipinski definition) is 3. The Morgan fingerprint density at radius 3 is 2.77 bits per heavy atom. The van der Waals surface area contributed by atoms with E-state index in [1.165, 1.54) is 11.1 Å². The maximum Gasteiger partial charge on any atom is 0.397 e. The number of allylic oxidation sites excluding steroid dienone is 1. The monoisotopic (exact) mass is 409 g/mol. The fourth-order valence-electron chi connectivity index (χ4n) is 1.80. The van der Waals surface area contributed by atoms with Gasteiger partial charge in [0.05, 0.1) is 23.3 Å². The minimum Gasteiger partial charge on any atom is -0.358 e. The lowest BCUT2D eigenvalue weighted by Crippen LogP contribution is -2.41. The summed E-state index contributed by atoms with van der Waals surface area (Å²) < 4.78 is 36.2. The van der Waals surface area contributed by atoms with E-state index in [1.807, 2.05) is 0 Å². The van der Waals surface area contributed by atoms with E-state index >= 15 is 0 Å². The first-order chi connectivity index (χ1) is 12.2. The molecule has 0 aliphatic rings. The highest BCUT2D eigenvalue weighted by atomic mass is 35.5. The second-order valence-corrected chi connectivity index (χ2v) is 6.36. The van der Waals surface area contributed by atoms with Crippen molar-refractivity contribution < 1.29 is 18.0 Å². The molecule has 3 N–H and O–H groups in total. The van der Waals surface area contributed by atoms with Gasteiger partial charge in [0.2, 0.25) is 0 Å². The Morgan fingerprint density at radius 2 is 2.23 bits per heavy atom. The summed E-state index contributed by atoms with van der Waals surface area (Å²) in [5.74, 6) is -0.846. The third kappa shape index (κ3) is 8.43. The number of rotatable bonds is 9. The molecule has 0 saturated carbocycles. The molecule has 0 bridgehead atoms. The zero-order chi connectivity index (χ0) is 19.6. The van der Waals surface area contributed by atoms with Crippen LogP contribution in [-0.2, 0) is 0 Å². The Morgan fingerprint density at radius 1 is 1.50 bits per heavy atom. The summed E-state index contributed by atoms with van der Waals surface area (Å²) in [6.07, 6.45) is 0.321. The lowest BCUT2D eigenvalue weighted by atomic mass is 10.4. The summed E-state index contributed by atoms with van der Waals surface area (Å²) in [4.78, 5) is 17.4. The molecular weight excluding hydrogens is 391 g/mol. The van der Waals surface area contributed by atoms with Gasteiger partial charge in [0.15, 0.2) is 0 Å². The van der Waals surface area contributed by atoms with Crippen LogP contribution in [0.4, 0.5) is 23.7 Å². The normalized spacial score (nSPS) is 11.8. The van der Waals surface area contributed by atoms with Gasteiger partial charge in [-0.2, -0.15) is 24.9 Å². The molecule has 11 heteroatoms. The van der Waals surface area contributed by atoms with Gasteiger partial charge in [-0.1, -0.05) is 11.6 Å². The molecule has 0 aromatic carbocycles. The van der Waals surface area contributed by atoms with Crippen molar-refractivity contribution in [3.05, 3.63) is 36.4 Å². The van der Waals surface area contributed by atoms with Crippen molar-refractivity contribution in [3.8, 4) is 0 Å². The predicted octanol–water partition coefficient (Wildman–Crippen LogP) is 3.88. The molecule has 1 rings (SSSR count). The second kappa shape index (κ2) is 10.9. The molecule has 1 aromatic rings. The molecule has 0 aliphatic carbocycles. The summed E-state index contributed by atoms with van der Waals surface area (Å²) in [7, 11) is 0. The molecule has 0 spiro atoms. The summed E-state index contributed by atoms with van der Waals surface area (Å²) in [5, 5.41) is 12.7. The molecule has 1 heterocycles. The first-order valence-electron chi connectivity index (χ1n) is 7.55. The number of pyridine rings is 1. The molecule has 0 saturated heterocycles. The van der Waals surface area contributed by atoms with E-state index in [0.29, 0.717) is 17.4 Å². The van der Waals surface area contributed by atoms with E-state index < -0.39 is 18.0 Å². The Hall–Kier alpha value is -1.94. The van der Waals surface area contributed by atoms with Crippen molar-refractivity contribution in [2.45, 2.75) is 13.1 Å². The first-order valence-corrected chi connectivity index (χ1v) is 9.09. The summed E-state index contributed by atoms with van der Waals surface area (Å²) in [5.41, 5.74) is 0.765. The van der Waals surface area contributed by atoms with Gasteiger partial charge in [-0.05, 0) is 19.1 Å². The minimum atomic E-state index is -4.23. The summed E-state index contributed by atoms with van der Waals surface area (Å²) >= 11 is 6.45. The smallest absolute Gasteiger partial charge is 0.358 e. The van der Waals surface area contributed by atoms with Crippen LogP contribution >= 0.6 is 23.4 Å². The van der Waals surface area contributed by atoms with E-state index in [1.54, 1.807) is 31.5 Å². The zero-order valence-corrected chi connectivity index (χ0v) is 15.5. The van der Waals surface area contributed by atoms with Crippen LogP contribution in [0.2, 0.25) is 0 Å². The number of thioether (sulfide) groups is 1. The number of amides is 2. The van der Waals surface area contributed by atoms with Gasteiger partial charge in [-0.3, -0.25) is 15.3 Å². The topological polar surface area (TPSA) is 81.1 Å². The third-order valence-electron chi connectivity index (χ3n) is 2.90. The number of aromatic nitrogens is 1. The maximum absolute atomic E-state index is 12.2. The third-order valence-corrected chi connectivity index (χ3v) is 4.12. The molecule has 0 aliphatic heterocycles. The van der Waals surface area contributed by atoms with Crippen molar-refractivity contribution in [2.24, 2.45) is 0 Å². The standard InChI is InChI=1S/C15H19ClF3N5OS/c1-2-24(14(25)22-6-7-26-10-15(17,18)19)12(13(16)20)9-23-11-4-3-5-21-8-11/h3-5,8-9,20,23H,2,6-7,10H2,1H3,(H,22,25)/b12-9+,20-13?. The van der Waals surface area contributed by atoms with Crippen LogP contribution < -0.4 is 10.6 Å². The molecule has 0 fully saturated rings. The van der Waals surface area contributed by atoms with Crippen LogP contribution in [0.15, 0.2) is 36.4 Å². The summed E-state index contributed by atoms with van der Waals surface area (Å²) in [6.45, 7) is 1.97. The number of carbonyl (C=O) groups excluding carboxylic acids is 1. The lowest BCUT2D eigenvalue weighted by Gasteiger charge is -2.23. The molecule has 1 aromatic heterocycles. The highest BCUT2D eigenvalue weighted by Crippen LogP contribution is 2.20. The van der Waals surface area contributed by atoms with Crippen molar-refractivity contribution >= 4 is 40.3 Å². The van der Waals surface area contributed by atoms with Crippen LogP contribution in [0.25, 0.3) is 0 Å². The van der Waals surface area contributed by atoms with Crippen molar-refractivity contribution in [2.75, 3.05) is 29.9 Å². The minimum absolute atomic E-state index is 0.0645. The maximum atomic E-state index is 12.2. The fraction of sp³-hybridized carbons (Fsp3) is 0.400. The number of carbonyl (C=O) groups is 1. The molecule has 144 valence electrons. The van der Waals surface area contributed by atoms with Gasteiger partial charge in [0.1, 0.15) is 5.17 Å². The lowest BCUT2D eigenvalue weighted by molar-refractivity contribution is -0.105. The van der Waals surface area contributed by atoms with Gasteiger partial charge in [-0.15, -0.1) is 0 Å². The molecular formula is C15H19ClF3N5OS. The van der Waals surface area contributed by atoms with Crippen LogP contribution in [0.3, 0.4) is 0 Å². The van der Waals surface area contributed by atoms with Gasteiger partial charge in [-0.25, -0.2) is 4.79 Å². The van der Waals surface area contributed by atoms with E-state index in [4.69, 9.17) is 17.0 Å². The molecule has 6 nitrogen and oxygen atoms in total. The number of alkyl halides is 3. The van der Waals surface area contributed by atoms with Gasteiger partial charge in [0, 0.05) is 31.2 Å². The Kier molecular flexibility index (Phi) is 9.28.